The number of fused-ring (bicyclic) bond motifs is 1. The van der Waals surface area contributed by atoms with Gasteiger partial charge in [0.2, 0.25) is 0 Å². The maximum absolute atomic E-state index is 6.12. The number of benzene rings is 1. The molecule has 1 aromatic carbocycles. The van der Waals surface area contributed by atoms with Crippen LogP contribution in [0.3, 0.4) is 0 Å². The quantitative estimate of drug-likeness (QED) is 0.884. The lowest BCUT2D eigenvalue weighted by Crippen LogP contribution is -2.30. The molecule has 2 heteroatoms. The fraction of sp³-hybridized carbons (Fsp3) is 0.625. The first kappa shape index (κ1) is 12.0. The molecule has 1 N–H and O–H groups in total. The Balaban J connectivity index is 1.65. The van der Waals surface area contributed by atoms with Gasteiger partial charge in [-0.3, -0.25) is 0 Å². The number of hydrogen-bond donors (Lipinski definition) is 1. The molecule has 18 heavy (non-hydrogen) atoms. The summed E-state index contributed by atoms with van der Waals surface area (Å²) in [6.45, 7) is 3.21. The summed E-state index contributed by atoms with van der Waals surface area (Å²) >= 11 is 0. The van der Waals surface area contributed by atoms with E-state index in [9.17, 15) is 0 Å². The number of hydrogen-bond acceptors (Lipinski definition) is 2. The lowest BCUT2D eigenvalue weighted by molar-refractivity contribution is 0.213. The molecule has 98 valence electrons. The van der Waals surface area contributed by atoms with Crippen molar-refractivity contribution in [2.24, 2.45) is 5.92 Å². The smallest absolute Gasteiger partial charge is 0.122 e. The third-order valence-electron chi connectivity index (χ3n) is 4.29. The van der Waals surface area contributed by atoms with Crippen molar-refractivity contribution in [3.05, 3.63) is 29.3 Å². The molecule has 0 radical (unpaired) electrons. The van der Waals surface area contributed by atoms with Gasteiger partial charge in [0, 0.05) is 0 Å². The second-order valence-electron chi connectivity index (χ2n) is 5.61. The Labute approximate surface area is 110 Å². The van der Waals surface area contributed by atoms with Gasteiger partial charge < -0.3 is 10.1 Å². The van der Waals surface area contributed by atoms with Crippen LogP contribution in [-0.4, -0.2) is 19.7 Å². The molecule has 0 saturated carbocycles. The van der Waals surface area contributed by atoms with Gasteiger partial charge in [0.05, 0.1) is 6.61 Å². The van der Waals surface area contributed by atoms with E-state index < -0.39 is 0 Å². The highest BCUT2D eigenvalue weighted by Crippen LogP contribution is 2.30. The van der Waals surface area contributed by atoms with Crippen LogP contribution in [0.4, 0.5) is 0 Å². The average molecular weight is 245 g/mol. The fourth-order valence-corrected chi connectivity index (χ4v) is 3.14. The molecular weight excluding hydrogens is 222 g/mol. The standard InChI is InChI=1S/C16H23NO/c1-2-6-15-14(4-1)5-3-7-16(15)18-12-13-8-10-17-11-9-13/h3,5,7,13,17H,1-2,4,6,8-12H2. The highest BCUT2D eigenvalue weighted by molar-refractivity contribution is 5.41. The Morgan fingerprint density at radius 1 is 1.11 bits per heavy atom. The van der Waals surface area contributed by atoms with Crippen molar-refractivity contribution < 1.29 is 4.74 Å². The van der Waals surface area contributed by atoms with Crippen LogP contribution in [0.15, 0.2) is 18.2 Å². The maximum Gasteiger partial charge on any atom is 0.122 e. The van der Waals surface area contributed by atoms with E-state index in [0.717, 1.165) is 31.4 Å². The largest absolute Gasteiger partial charge is 0.493 e. The number of nitrogens with one attached hydrogen (secondary N) is 1. The minimum absolute atomic E-state index is 0.741. The zero-order valence-corrected chi connectivity index (χ0v) is 11.1. The first-order chi connectivity index (χ1) is 8.93. The third-order valence-corrected chi connectivity index (χ3v) is 4.29. The van der Waals surface area contributed by atoms with E-state index in [2.05, 4.69) is 23.5 Å². The second kappa shape index (κ2) is 5.75. The summed E-state index contributed by atoms with van der Waals surface area (Å²) in [6.07, 6.45) is 7.62. The molecule has 2 aliphatic rings. The van der Waals surface area contributed by atoms with Crippen molar-refractivity contribution in [1.82, 2.24) is 5.32 Å². The normalized spacial score (nSPS) is 20.4. The Morgan fingerprint density at radius 2 is 1.94 bits per heavy atom. The number of ether oxygens (including phenoxy) is 1. The van der Waals surface area contributed by atoms with Crippen molar-refractivity contribution in [2.45, 2.75) is 38.5 Å². The molecule has 1 aliphatic carbocycles. The molecular formula is C16H23NO. The van der Waals surface area contributed by atoms with E-state index in [1.54, 1.807) is 0 Å². The lowest BCUT2D eigenvalue weighted by Gasteiger charge is -2.24. The Bertz CT molecular complexity index is 396. The summed E-state index contributed by atoms with van der Waals surface area (Å²) in [5.41, 5.74) is 3.00. The Morgan fingerprint density at radius 3 is 2.83 bits per heavy atom. The molecule has 1 fully saturated rings. The monoisotopic (exact) mass is 245 g/mol. The summed E-state index contributed by atoms with van der Waals surface area (Å²) in [5, 5.41) is 3.41. The SMILES string of the molecule is c1cc2c(c(OCC3CCNCC3)c1)CCCC2. The van der Waals surface area contributed by atoms with E-state index in [-0.39, 0.29) is 0 Å². The molecule has 0 unspecified atom stereocenters. The topological polar surface area (TPSA) is 21.3 Å². The first-order valence-electron chi connectivity index (χ1n) is 7.38. The summed E-state index contributed by atoms with van der Waals surface area (Å²) in [5.74, 6) is 1.90. The van der Waals surface area contributed by atoms with Crippen LogP contribution in [0.25, 0.3) is 0 Å². The van der Waals surface area contributed by atoms with Crippen LogP contribution in [0.1, 0.15) is 36.8 Å². The Hall–Kier alpha value is -1.02. The van der Waals surface area contributed by atoms with E-state index in [0.29, 0.717) is 0 Å². The number of piperidine rings is 1. The van der Waals surface area contributed by atoms with Crippen LogP contribution in [0, 0.1) is 5.92 Å². The van der Waals surface area contributed by atoms with Crippen LogP contribution in [0.5, 0.6) is 5.75 Å². The molecule has 0 spiro atoms. The van der Waals surface area contributed by atoms with Gasteiger partial charge in [0.25, 0.3) is 0 Å². The molecule has 1 heterocycles. The Kier molecular flexibility index (Phi) is 3.84. The lowest BCUT2D eigenvalue weighted by atomic mass is 9.91. The fourth-order valence-electron chi connectivity index (χ4n) is 3.14. The molecule has 2 nitrogen and oxygen atoms in total. The highest BCUT2D eigenvalue weighted by atomic mass is 16.5. The van der Waals surface area contributed by atoms with E-state index in [4.69, 9.17) is 4.74 Å². The molecule has 1 saturated heterocycles. The minimum atomic E-state index is 0.741. The number of aryl methyl sites for hydroxylation is 1. The van der Waals surface area contributed by atoms with E-state index in [1.165, 1.54) is 49.7 Å². The molecule has 0 bridgehead atoms. The van der Waals surface area contributed by atoms with E-state index in [1.807, 2.05) is 0 Å². The van der Waals surface area contributed by atoms with Crippen molar-refractivity contribution in [3.8, 4) is 5.75 Å². The summed E-state index contributed by atoms with van der Waals surface area (Å²) < 4.78 is 6.12. The van der Waals surface area contributed by atoms with Gasteiger partial charge in [0.15, 0.2) is 0 Å². The number of rotatable bonds is 3. The van der Waals surface area contributed by atoms with Crippen LogP contribution < -0.4 is 10.1 Å². The molecule has 3 rings (SSSR count). The van der Waals surface area contributed by atoms with Crippen molar-refractivity contribution in [1.29, 1.82) is 0 Å². The minimum Gasteiger partial charge on any atom is -0.493 e. The van der Waals surface area contributed by atoms with Gasteiger partial charge in [0.1, 0.15) is 5.75 Å². The van der Waals surface area contributed by atoms with Gasteiger partial charge in [-0.1, -0.05) is 12.1 Å². The van der Waals surface area contributed by atoms with Crippen LogP contribution >= 0.6 is 0 Å². The van der Waals surface area contributed by atoms with E-state index >= 15 is 0 Å². The second-order valence-corrected chi connectivity index (χ2v) is 5.61. The van der Waals surface area contributed by atoms with Gasteiger partial charge >= 0.3 is 0 Å². The summed E-state index contributed by atoms with van der Waals surface area (Å²) in [4.78, 5) is 0. The van der Waals surface area contributed by atoms with Crippen molar-refractivity contribution in [3.63, 3.8) is 0 Å². The molecule has 0 amide bonds. The summed E-state index contributed by atoms with van der Waals surface area (Å²) in [6, 6.07) is 6.58. The first-order valence-corrected chi connectivity index (χ1v) is 7.38. The van der Waals surface area contributed by atoms with Gasteiger partial charge in [-0.25, -0.2) is 0 Å². The maximum atomic E-state index is 6.12. The van der Waals surface area contributed by atoms with Crippen molar-refractivity contribution in [2.75, 3.05) is 19.7 Å². The van der Waals surface area contributed by atoms with Gasteiger partial charge in [-0.05, 0) is 74.7 Å². The predicted octanol–water partition coefficient (Wildman–Crippen LogP) is 2.94. The van der Waals surface area contributed by atoms with Gasteiger partial charge in [-0.15, -0.1) is 0 Å². The van der Waals surface area contributed by atoms with Crippen molar-refractivity contribution >= 4 is 0 Å². The zero-order chi connectivity index (χ0) is 12.2. The molecule has 1 aromatic rings. The molecule has 0 atom stereocenters. The summed E-state index contributed by atoms with van der Waals surface area (Å²) in [7, 11) is 0. The van der Waals surface area contributed by atoms with Crippen LogP contribution in [0.2, 0.25) is 0 Å². The average Bonchev–Trinajstić information content (AvgIpc) is 2.46. The predicted molar refractivity (Wildman–Crippen MR) is 74.2 cm³/mol. The van der Waals surface area contributed by atoms with Gasteiger partial charge in [-0.2, -0.15) is 0 Å². The highest BCUT2D eigenvalue weighted by Gasteiger charge is 2.17. The molecule has 0 aromatic heterocycles. The zero-order valence-electron chi connectivity index (χ0n) is 11.1. The van der Waals surface area contributed by atoms with Crippen LogP contribution in [-0.2, 0) is 12.8 Å². The third kappa shape index (κ3) is 2.69. The molecule has 1 aliphatic heterocycles.